The molecule has 5 heteroatoms. The summed E-state index contributed by atoms with van der Waals surface area (Å²) in [6.45, 7) is 2.63. The van der Waals surface area contributed by atoms with Crippen molar-refractivity contribution in [1.82, 2.24) is 0 Å². The Morgan fingerprint density at radius 1 is 1.25 bits per heavy atom. The Balaban J connectivity index is 2.16. The Morgan fingerprint density at radius 2 is 1.95 bits per heavy atom. The zero-order valence-corrected chi connectivity index (χ0v) is 13.3. The molecule has 1 saturated carbocycles. The van der Waals surface area contributed by atoms with Gasteiger partial charge in [0.25, 0.3) is 0 Å². The van der Waals surface area contributed by atoms with Gasteiger partial charge in [-0.15, -0.1) is 0 Å². The van der Waals surface area contributed by atoms with Crippen LogP contribution in [0.3, 0.4) is 0 Å². The number of aliphatic hydroxyl groups excluding tert-OH is 1. The maximum Gasteiger partial charge on any atom is 0.175 e. The molecule has 0 aliphatic heterocycles. The number of rotatable bonds is 6. The quantitative estimate of drug-likeness (QED) is 0.832. The Kier molecular flexibility index (Phi) is 5.29. The van der Waals surface area contributed by atoms with Crippen LogP contribution >= 0.6 is 15.9 Å². The highest BCUT2D eigenvalue weighted by atomic mass is 79.9. The van der Waals surface area contributed by atoms with E-state index in [9.17, 15) is 10.2 Å². The Hall–Kier alpha value is -0.780. The summed E-state index contributed by atoms with van der Waals surface area (Å²) in [5.41, 5.74) is 0.0331. The van der Waals surface area contributed by atoms with Crippen LogP contribution in [-0.4, -0.2) is 29.0 Å². The summed E-state index contributed by atoms with van der Waals surface area (Å²) in [7, 11) is 0. The standard InChI is InChI=1S/C15H21BrO4/c1-2-19-13-8-11(9-17)7-12(16)14(13)20-10-15(18)5-3-4-6-15/h7-8,17-18H,2-6,9-10H2,1H3. The third-order valence-electron chi connectivity index (χ3n) is 3.57. The van der Waals surface area contributed by atoms with Crippen LogP contribution in [0.4, 0.5) is 0 Å². The monoisotopic (exact) mass is 344 g/mol. The molecular weight excluding hydrogens is 324 g/mol. The summed E-state index contributed by atoms with van der Waals surface area (Å²) in [6, 6.07) is 3.57. The van der Waals surface area contributed by atoms with Gasteiger partial charge < -0.3 is 19.7 Å². The summed E-state index contributed by atoms with van der Waals surface area (Å²) in [5, 5.41) is 19.6. The Bertz CT molecular complexity index is 455. The van der Waals surface area contributed by atoms with Crippen LogP contribution in [0.2, 0.25) is 0 Å². The van der Waals surface area contributed by atoms with E-state index >= 15 is 0 Å². The van der Waals surface area contributed by atoms with Crippen molar-refractivity contribution in [2.24, 2.45) is 0 Å². The molecule has 2 N–H and O–H groups in total. The fourth-order valence-corrected chi connectivity index (χ4v) is 3.10. The third kappa shape index (κ3) is 3.65. The van der Waals surface area contributed by atoms with Gasteiger partial charge in [-0.3, -0.25) is 0 Å². The SMILES string of the molecule is CCOc1cc(CO)cc(Br)c1OCC1(O)CCCC1. The Morgan fingerprint density at radius 3 is 2.55 bits per heavy atom. The minimum absolute atomic E-state index is 0.0527. The normalized spacial score (nSPS) is 17.2. The van der Waals surface area contributed by atoms with Crippen LogP contribution in [0.1, 0.15) is 38.2 Å². The van der Waals surface area contributed by atoms with Crippen molar-refractivity contribution >= 4 is 15.9 Å². The zero-order chi connectivity index (χ0) is 14.6. The highest BCUT2D eigenvalue weighted by Gasteiger charge is 2.32. The molecule has 1 aromatic rings. The molecule has 0 bridgehead atoms. The van der Waals surface area contributed by atoms with Gasteiger partial charge in [0, 0.05) is 0 Å². The van der Waals surface area contributed by atoms with Gasteiger partial charge in [0.15, 0.2) is 11.5 Å². The van der Waals surface area contributed by atoms with Crippen molar-refractivity contribution < 1.29 is 19.7 Å². The second-order valence-electron chi connectivity index (χ2n) is 5.22. The van der Waals surface area contributed by atoms with E-state index in [1.165, 1.54) is 0 Å². The predicted molar refractivity (Wildman–Crippen MR) is 80.1 cm³/mol. The average Bonchev–Trinajstić information content (AvgIpc) is 2.85. The summed E-state index contributed by atoms with van der Waals surface area (Å²) < 4.78 is 12.1. The summed E-state index contributed by atoms with van der Waals surface area (Å²) >= 11 is 3.44. The minimum atomic E-state index is -0.724. The van der Waals surface area contributed by atoms with E-state index < -0.39 is 5.60 Å². The van der Waals surface area contributed by atoms with Crippen molar-refractivity contribution in [3.05, 3.63) is 22.2 Å². The van der Waals surface area contributed by atoms with Gasteiger partial charge in [-0.1, -0.05) is 12.8 Å². The first kappa shape index (κ1) is 15.6. The highest BCUT2D eigenvalue weighted by Crippen LogP contribution is 2.38. The maximum absolute atomic E-state index is 10.3. The number of benzene rings is 1. The van der Waals surface area contributed by atoms with Gasteiger partial charge in [0.2, 0.25) is 0 Å². The fourth-order valence-electron chi connectivity index (χ4n) is 2.50. The van der Waals surface area contributed by atoms with Gasteiger partial charge in [0.1, 0.15) is 6.61 Å². The van der Waals surface area contributed by atoms with Crippen molar-refractivity contribution in [3.63, 3.8) is 0 Å². The molecule has 1 fully saturated rings. The van der Waals surface area contributed by atoms with E-state index in [1.54, 1.807) is 12.1 Å². The molecule has 20 heavy (non-hydrogen) atoms. The molecule has 0 aromatic heterocycles. The largest absolute Gasteiger partial charge is 0.490 e. The van der Waals surface area contributed by atoms with Crippen molar-refractivity contribution in [1.29, 1.82) is 0 Å². The first-order chi connectivity index (χ1) is 9.58. The smallest absolute Gasteiger partial charge is 0.175 e. The molecule has 1 aromatic carbocycles. The lowest BCUT2D eigenvalue weighted by molar-refractivity contribution is 0.000352. The molecule has 4 nitrogen and oxygen atoms in total. The highest BCUT2D eigenvalue weighted by molar-refractivity contribution is 9.10. The molecule has 0 heterocycles. The van der Waals surface area contributed by atoms with E-state index in [0.717, 1.165) is 35.7 Å². The van der Waals surface area contributed by atoms with E-state index in [1.807, 2.05) is 6.92 Å². The molecule has 0 radical (unpaired) electrons. The zero-order valence-electron chi connectivity index (χ0n) is 11.7. The van der Waals surface area contributed by atoms with Gasteiger partial charge >= 0.3 is 0 Å². The van der Waals surface area contributed by atoms with Crippen molar-refractivity contribution in [3.8, 4) is 11.5 Å². The van der Waals surface area contributed by atoms with E-state index in [0.29, 0.717) is 18.1 Å². The first-order valence-electron chi connectivity index (χ1n) is 6.99. The first-order valence-corrected chi connectivity index (χ1v) is 7.78. The number of hydrogen-bond acceptors (Lipinski definition) is 4. The van der Waals surface area contributed by atoms with Gasteiger partial charge in [0.05, 0.1) is 23.3 Å². The topological polar surface area (TPSA) is 58.9 Å². The molecule has 0 atom stereocenters. The van der Waals surface area contributed by atoms with Crippen LogP contribution in [-0.2, 0) is 6.61 Å². The lowest BCUT2D eigenvalue weighted by Gasteiger charge is -2.23. The number of halogens is 1. The van der Waals surface area contributed by atoms with E-state index in [-0.39, 0.29) is 13.2 Å². The number of hydrogen-bond donors (Lipinski definition) is 2. The lowest BCUT2D eigenvalue weighted by Crippen LogP contribution is -2.32. The van der Waals surface area contributed by atoms with Crippen molar-refractivity contribution in [2.75, 3.05) is 13.2 Å². The molecular formula is C15H21BrO4. The molecule has 0 spiro atoms. The Labute approximate surface area is 127 Å². The molecule has 1 aliphatic rings. The summed E-state index contributed by atoms with van der Waals surface area (Å²) in [6.07, 6.45) is 3.65. The van der Waals surface area contributed by atoms with Crippen LogP contribution < -0.4 is 9.47 Å². The second-order valence-corrected chi connectivity index (χ2v) is 6.07. The van der Waals surface area contributed by atoms with Crippen LogP contribution in [0.5, 0.6) is 11.5 Å². The second kappa shape index (κ2) is 6.78. The summed E-state index contributed by atoms with van der Waals surface area (Å²) in [5.74, 6) is 1.18. The van der Waals surface area contributed by atoms with Crippen LogP contribution in [0.15, 0.2) is 16.6 Å². The fraction of sp³-hybridized carbons (Fsp3) is 0.600. The third-order valence-corrected chi connectivity index (χ3v) is 4.16. The molecule has 0 saturated heterocycles. The lowest BCUT2D eigenvalue weighted by atomic mass is 10.0. The van der Waals surface area contributed by atoms with Gasteiger partial charge in [-0.2, -0.15) is 0 Å². The molecule has 2 rings (SSSR count). The molecule has 0 amide bonds. The van der Waals surface area contributed by atoms with Gasteiger partial charge in [-0.05, 0) is 53.4 Å². The van der Waals surface area contributed by atoms with E-state index in [2.05, 4.69) is 15.9 Å². The summed E-state index contributed by atoms with van der Waals surface area (Å²) in [4.78, 5) is 0. The van der Waals surface area contributed by atoms with Gasteiger partial charge in [-0.25, -0.2) is 0 Å². The van der Waals surface area contributed by atoms with Crippen LogP contribution in [0.25, 0.3) is 0 Å². The number of aliphatic hydroxyl groups is 2. The average molecular weight is 345 g/mol. The minimum Gasteiger partial charge on any atom is -0.490 e. The molecule has 112 valence electrons. The maximum atomic E-state index is 10.3. The van der Waals surface area contributed by atoms with E-state index in [4.69, 9.17) is 9.47 Å². The van der Waals surface area contributed by atoms with Crippen LogP contribution in [0, 0.1) is 0 Å². The predicted octanol–water partition coefficient (Wildman–Crippen LogP) is 3.02. The molecule has 0 unspecified atom stereocenters. The molecule has 1 aliphatic carbocycles. The number of ether oxygens (including phenoxy) is 2. The van der Waals surface area contributed by atoms with Crippen molar-refractivity contribution in [2.45, 2.75) is 44.8 Å².